The minimum Gasteiger partial charge on any atom is -0.492 e. The second kappa shape index (κ2) is 11.0. The van der Waals surface area contributed by atoms with Gasteiger partial charge in [-0.1, -0.05) is 11.6 Å². The van der Waals surface area contributed by atoms with Crippen LogP contribution in [-0.2, 0) is 14.3 Å². The Balaban J connectivity index is 0.000000423. The molecule has 2 heterocycles. The summed E-state index contributed by atoms with van der Waals surface area (Å²) in [6.07, 6.45) is -3.05. The van der Waals surface area contributed by atoms with Crippen molar-refractivity contribution in [3.63, 3.8) is 0 Å². The number of piperidine rings is 1. The molecule has 3 atom stereocenters. The van der Waals surface area contributed by atoms with E-state index >= 15 is 0 Å². The smallest absolute Gasteiger partial charge is 0.490 e. The van der Waals surface area contributed by atoms with Crippen LogP contribution in [0.4, 0.5) is 13.2 Å². The van der Waals surface area contributed by atoms with Crippen molar-refractivity contribution in [2.75, 3.05) is 40.4 Å². The topological polar surface area (TPSA) is 79.3 Å². The van der Waals surface area contributed by atoms with Gasteiger partial charge < -0.3 is 19.5 Å². The highest BCUT2D eigenvalue weighted by molar-refractivity contribution is 6.30. The van der Waals surface area contributed by atoms with Crippen molar-refractivity contribution in [2.45, 2.75) is 31.2 Å². The molecule has 11 heteroatoms. The predicted molar refractivity (Wildman–Crippen MR) is 107 cm³/mol. The van der Waals surface area contributed by atoms with E-state index in [1.54, 1.807) is 4.90 Å². The van der Waals surface area contributed by atoms with Gasteiger partial charge in [-0.15, -0.1) is 0 Å². The molecule has 1 aromatic carbocycles. The Morgan fingerprint density at radius 2 is 1.90 bits per heavy atom. The van der Waals surface area contributed by atoms with Crippen molar-refractivity contribution in [1.29, 1.82) is 0 Å². The number of nitrogens with zero attached hydrogens (tertiary/aromatic N) is 2. The molecule has 0 aliphatic carbocycles. The average Bonchev–Trinajstić information content (AvgIpc) is 3.17. The molecule has 0 spiro atoms. The number of aliphatic carboxylic acids is 1. The number of carbonyl (C=O) groups excluding carboxylic acids is 1. The maximum Gasteiger partial charge on any atom is 0.490 e. The number of fused-ring (bicyclic) bond motifs is 1. The number of hydrogen-bond acceptors (Lipinski definition) is 5. The lowest BCUT2D eigenvalue weighted by atomic mass is 9.89. The van der Waals surface area contributed by atoms with Gasteiger partial charge in [-0.2, -0.15) is 13.2 Å². The fraction of sp³-hybridized carbons (Fsp3) is 0.600. The van der Waals surface area contributed by atoms with Crippen LogP contribution in [0.3, 0.4) is 0 Å². The number of carbonyl (C=O) groups is 2. The van der Waals surface area contributed by atoms with E-state index in [4.69, 9.17) is 31.0 Å². The van der Waals surface area contributed by atoms with Crippen LogP contribution in [0.25, 0.3) is 0 Å². The molecule has 2 fully saturated rings. The number of ether oxygens (including phenoxy) is 2. The van der Waals surface area contributed by atoms with Gasteiger partial charge in [-0.3, -0.25) is 9.69 Å². The highest BCUT2D eigenvalue weighted by Crippen LogP contribution is 2.31. The molecule has 2 saturated heterocycles. The number of hydrogen-bond donors (Lipinski definition) is 1. The highest BCUT2D eigenvalue weighted by Gasteiger charge is 2.42. The minimum absolute atomic E-state index is 0.00915. The number of alkyl halides is 3. The van der Waals surface area contributed by atoms with Crippen LogP contribution in [0.15, 0.2) is 24.3 Å². The molecular weight excluding hydrogens is 441 g/mol. The van der Waals surface area contributed by atoms with Gasteiger partial charge in [0.15, 0.2) is 0 Å². The number of rotatable bonds is 5. The van der Waals surface area contributed by atoms with E-state index in [1.807, 2.05) is 38.4 Å². The molecule has 7 nitrogen and oxygen atoms in total. The Morgan fingerprint density at radius 3 is 2.45 bits per heavy atom. The number of benzene rings is 1. The molecule has 31 heavy (non-hydrogen) atoms. The normalized spacial score (nSPS) is 23.4. The number of likely N-dealkylation sites (tertiary alicyclic amines) is 1. The van der Waals surface area contributed by atoms with Crippen LogP contribution in [0.2, 0.25) is 5.02 Å². The first-order chi connectivity index (χ1) is 14.5. The number of carboxylic acid groups (broad SMARTS) is 1. The molecule has 0 unspecified atom stereocenters. The Morgan fingerprint density at radius 1 is 1.29 bits per heavy atom. The number of carboxylic acids is 1. The summed E-state index contributed by atoms with van der Waals surface area (Å²) >= 11 is 5.89. The van der Waals surface area contributed by atoms with E-state index in [9.17, 15) is 18.0 Å². The molecule has 2 aliphatic heterocycles. The summed E-state index contributed by atoms with van der Waals surface area (Å²) in [7, 11) is 3.63. The molecule has 3 rings (SSSR count). The summed E-state index contributed by atoms with van der Waals surface area (Å²) in [5, 5.41) is 7.83. The van der Waals surface area contributed by atoms with Crippen molar-refractivity contribution >= 4 is 23.5 Å². The van der Waals surface area contributed by atoms with Gasteiger partial charge in [0.05, 0.1) is 12.0 Å². The Bertz CT molecular complexity index is 745. The summed E-state index contributed by atoms with van der Waals surface area (Å²) in [4.78, 5) is 25.3. The van der Waals surface area contributed by atoms with Crippen LogP contribution < -0.4 is 4.74 Å². The number of halogens is 4. The maximum absolute atomic E-state index is 12.4. The van der Waals surface area contributed by atoms with Gasteiger partial charge >= 0.3 is 12.1 Å². The molecule has 1 N–H and O–H groups in total. The third-order valence-electron chi connectivity index (χ3n) is 5.11. The van der Waals surface area contributed by atoms with Crippen molar-refractivity contribution < 1.29 is 37.3 Å². The molecule has 2 aliphatic rings. The van der Waals surface area contributed by atoms with Crippen LogP contribution in [0, 0.1) is 5.92 Å². The second-order valence-electron chi connectivity index (χ2n) is 7.53. The van der Waals surface area contributed by atoms with E-state index in [-0.39, 0.29) is 17.9 Å². The quantitative estimate of drug-likeness (QED) is 0.719. The van der Waals surface area contributed by atoms with Gasteiger partial charge in [0.25, 0.3) is 0 Å². The second-order valence-corrected chi connectivity index (χ2v) is 7.97. The molecular formula is C20H26ClF3N2O5. The first-order valence-corrected chi connectivity index (χ1v) is 10.1. The molecule has 0 bridgehead atoms. The Kier molecular flexibility index (Phi) is 8.96. The largest absolute Gasteiger partial charge is 0.492 e. The standard InChI is InChI=1S/C18H25ClN2O3.C2HF3O2/c1-20(2)18(22)13-11-17-16(7-9-24-17)21(12-13)8-10-23-15-5-3-14(19)4-6-15;3-2(4,5)1(6)7/h3-6,13,16-17H,7-12H2,1-2H3;(H,6,7)/t13-,16-,17-;/m1./s1. The van der Waals surface area contributed by atoms with E-state index in [0.29, 0.717) is 17.7 Å². The van der Waals surface area contributed by atoms with E-state index in [2.05, 4.69) is 4.90 Å². The minimum atomic E-state index is -5.08. The Hall–Kier alpha value is -2.04. The third kappa shape index (κ3) is 7.55. The molecule has 0 radical (unpaired) electrons. The summed E-state index contributed by atoms with van der Waals surface area (Å²) in [6.45, 7) is 2.95. The lowest BCUT2D eigenvalue weighted by molar-refractivity contribution is -0.192. The van der Waals surface area contributed by atoms with Gasteiger partial charge in [0.2, 0.25) is 5.91 Å². The monoisotopic (exact) mass is 466 g/mol. The number of amides is 1. The lowest BCUT2D eigenvalue weighted by Crippen LogP contribution is -2.53. The molecule has 174 valence electrons. The van der Waals surface area contributed by atoms with E-state index < -0.39 is 12.1 Å². The summed E-state index contributed by atoms with van der Waals surface area (Å²) < 4.78 is 43.4. The zero-order chi connectivity index (χ0) is 23.2. The van der Waals surface area contributed by atoms with Crippen LogP contribution >= 0.6 is 11.6 Å². The predicted octanol–water partition coefficient (Wildman–Crippen LogP) is 2.92. The Labute approximate surface area is 183 Å². The van der Waals surface area contributed by atoms with E-state index in [0.717, 1.165) is 38.3 Å². The van der Waals surface area contributed by atoms with Gasteiger partial charge in [0.1, 0.15) is 12.4 Å². The zero-order valence-electron chi connectivity index (χ0n) is 17.3. The van der Waals surface area contributed by atoms with Gasteiger partial charge in [0, 0.05) is 44.9 Å². The van der Waals surface area contributed by atoms with Crippen LogP contribution in [0.5, 0.6) is 5.75 Å². The summed E-state index contributed by atoms with van der Waals surface area (Å²) in [5.74, 6) is -1.74. The fourth-order valence-electron chi connectivity index (χ4n) is 3.67. The highest BCUT2D eigenvalue weighted by atomic mass is 35.5. The van der Waals surface area contributed by atoms with Crippen molar-refractivity contribution in [2.24, 2.45) is 5.92 Å². The lowest BCUT2D eigenvalue weighted by Gasteiger charge is -2.40. The SMILES string of the molecule is CN(C)C(=O)[C@@H]1C[C@H]2OCC[C@H]2N(CCOc2ccc(Cl)cc2)C1.O=C(O)C(F)(F)F. The first-order valence-electron chi connectivity index (χ1n) is 9.74. The maximum atomic E-state index is 12.4. The van der Waals surface area contributed by atoms with Crippen molar-refractivity contribution in [3.8, 4) is 5.75 Å². The molecule has 0 aromatic heterocycles. The average molecular weight is 467 g/mol. The molecule has 1 amide bonds. The van der Waals surface area contributed by atoms with Crippen molar-refractivity contribution in [1.82, 2.24) is 9.80 Å². The summed E-state index contributed by atoms with van der Waals surface area (Å²) in [6, 6.07) is 7.80. The molecule has 1 aromatic rings. The van der Waals surface area contributed by atoms with E-state index in [1.165, 1.54) is 0 Å². The summed E-state index contributed by atoms with van der Waals surface area (Å²) in [5.41, 5.74) is 0. The van der Waals surface area contributed by atoms with Crippen LogP contribution in [0.1, 0.15) is 12.8 Å². The fourth-order valence-corrected chi connectivity index (χ4v) is 3.79. The van der Waals surface area contributed by atoms with Gasteiger partial charge in [-0.25, -0.2) is 4.79 Å². The van der Waals surface area contributed by atoms with Crippen LogP contribution in [-0.4, -0.2) is 85.5 Å². The first kappa shape index (κ1) is 25.2. The zero-order valence-corrected chi connectivity index (χ0v) is 18.0. The van der Waals surface area contributed by atoms with Gasteiger partial charge in [-0.05, 0) is 37.1 Å². The third-order valence-corrected chi connectivity index (χ3v) is 5.36. The van der Waals surface area contributed by atoms with Crippen molar-refractivity contribution in [3.05, 3.63) is 29.3 Å². The molecule has 0 saturated carbocycles.